The monoisotopic (exact) mass is 295 g/mol. The van der Waals surface area contributed by atoms with Gasteiger partial charge in [-0.15, -0.1) is 0 Å². The van der Waals surface area contributed by atoms with Gasteiger partial charge in [0, 0.05) is 11.1 Å². The van der Waals surface area contributed by atoms with Crippen LogP contribution in [-0.4, -0.2) is 11.2 Å². The lowest BCUT2D eigenvalue weighted by molar-refractivity contribution is 0.251. The molecule has 22 heavy (non-hydrogen) atoms. The molecule has 2 amide bonds. The second kappa shape index (κ2) is 6.30. The van der Waals surface area contributed by atoms with Crippen LogP contribution >= 0.6 is 0 Å². The van der Waals surface area contributed by atoms with Gasteiger partial charge in [-0.1, -0.05) is 36.3 Å². The maximum absolute atomic E-state index is 12.0. The first-order valence-corrected chi connectivity index (χ1v) is 7.23. The van der Waals surface area contributed by atoms with E-state index in [0.717, 1.165) is 23.1 Å². The number of carbonyl (C=O) groups is 1. The number of anilines is 1. The molecule has 0 radical (unpaired) electrons. The summed E-state index contributed by atoms with van der Waals surface area (Å²) < 4.78 is 5.21. The quantitative estimate of drug-likeness (QED) is 0.771. The summed E-state index contributed by atoms with van der Waals surface area (Å²) >= 11 is 0. The number of hydrogen-bond donors (Lipinski definition) is 2. The summed E-state index contributed by atoms with van der Waals surface area (Å²) in [4.78, 5) is 12.0. The molecular formula is C17H17N3O2. The van der Waals surface area contributed by atoms with Gasteiger partial charge in [0.1, 0.15) is 5.69 Å². The number of hydrogen-bond acceptors (Lipinski definition) is 3. The first kappa shape index (κ1) is 14.1. The SMILES string of the molecule is CCc1cccc(NC(=O)NCc2noc3ccccc23)c1. The summed E-state index contributed by atoms with van der Waals surface area (Å²) in [6.45, 7) is 2.39. The van der Waals surface area contributed by atoms with Crippen molar-refractivity contribution in [2.24, 2.45) is 0 Å². The van der Waals surface area contributed by atoms with E-state index < -0.39 is 0 Å². The van der Waals surface area contributed by atoms with Crippen LogP contribution in [0.1, 0.15) is 18.2 Å². The number of aromatic nitrogens is 1. The van der Waals surface area contributed by atoms with E-state index in [4.69, 9.17) is 4.52 Å². The molecular weight excluding hydrogens is 278 g/mol. The Balaban J connectivity index is 1.62. The van der Waals surface area contributed by atoms with Crippen LogP contribution in [0.2, 0.25) is 0 Å². The lowest BCUT2D eigenvalue weighted by Gasteiger charge is -2.07. The van der Waals surface area contributed by atoms with E-state index in [-0.39, 0.29) is 6.03 Å². The number of nitrogens with zero attached hydrogens (tertiary/aromatic N) is 1. The third kappa shape index (κ3) is 3.09. The second-order valence-corrected chi connectivity index (χ2v) is 4.99. The number of amides is 2. The molecule has 0 unspecified atom stereocenters. The van der Waals surface area contributed by atoms with Crippen molar-refractivity contribution < 1.29 is 9.32 Å². The average Bonchev–Trinajstić information content (AvgIpc) is 2.96. The Labute approximate surface area is 128 Å². The molecule has 1 heterocycles. The molecule has 0 atom stereocenters. The number of benzene rings is 2. The Bertz CT molecular complexity index is 795. The predicted octanol–water partition coefficient (Wildman–Crippen LogP) is 3.71. The highest BCUT2D eigenvalue weighted by Crippen LogP contribution is 2.17. The highest BCUT2D eigenvalue weighted by Gasteiger charge is 2.09. The summed E-state index contributed by atoms with van der Waals surface area (Å²) in [6.07, 6.45) is 0.933. The van der Waals surface area contributed by atoms with E-state index in [1.807, 2.05) is 48.5 Å². The summed E-state index contributed by atoms with van der Waals surface area (Å²) in [5.74, 6) is 0. The van der Waals surface area contributed by atoms with Crippen molar-refractivity contribution in [2.45, 2.75) is 19.9 Å². The van der Waals surface area contributed by atoms with Gasteiger partial charge in [-0.25, -0.2) is 4.79 Å². The van der Waals surface area contributed by atoms with E-state index in [1.165, 1.54) is 5.56 Å². The van der Waals surface area contributed by atoms with Gasteiger partial charge in [0.05, 0.1) is 6.54 Å². The highest BCUT2D eigenvalue weighted by atomic mass is 16.5. The molecule has 112 valence electrons. The maximum Gasteiger partial charge on any atom is 0.319 e. The third-order valence-electron chi connectivity index (χ3n) is 3.46. The molecule has 2 N–H and O–H groups in total. The van der Waals surface area contributed by atoms with Crippen molar-refractivity contribution >= 4 is 22.7 Å². The molecule has 0 spiro atoms. The Hall–Kier alpha value is -2.82. The van der Waals surface area contributed by atoms with Gasteiger partial charge in [-0.3, -0.25) is 0 Å². The van der Waals surface area contributed by atoms with Gasteiger partial charge in [0.25, 0.3) is 0 Å². The molecule has 0 saturated carbocycles. The third-order valence-corrected chi connectivity index (χ3v) is 3.46. The van der Waals surface area contributed by atoms with Crippen LogP contribution in [0, 0.1) is 0 Å². The molecule has 0 aliphatic carbocycles. The van der Waals surface area contributed by atoms with Crippen molar-refractivity contribution in [3.05, 3.63) is 59.8 Å². The number of urea groups is 1. The van der Waals surface area contributed by atoms with Gasteiger partial charge in [-0.2, -0.15) is 0 Å². The van der Waals surface area contributed by atoms with Crippen LogP contribution in [0.4, 0.5) is 10.5 Å². The number of para-hydroxylation sites is 1. The molecule has 3 rings (SSSR count). The summed E-state index contributed by atoms with van der Waals surface area (Å²) in [6, 6.07) is 15.1. The maximum atomic E-state index is 12.0. The van der Waals surface area contributed by atoms with E-state index in [9.17, 15) is 4.79 Å². The van der Waals surface area contributed by atoms with Crippen LogP contribution < -0.4 is 10.6 Å². The first-order chi connectivity index (χ1) is 10.8. The van der Waals surface area contributed by atoms with E-state index >= 15 is 0 Å². The molecule has 0 bridgehead atoms. The molecule has 0 aliphatic heterocycles. The normalized spacial score (nSPS) is 10.6. The zero-order valence-corrected chi connectivity index (χ0v) is 12.3. The van der Waals surface area contributed by atoms with Crippen LogP contribution in [-0.2, 0) is 13.0 Å². The first-order valence-electron chi connectivity index (χ1n) is 7.23. The van der Waals surface area contributed by atoms with Crippen LogP contribution in [0.25, 0.3) is 11.0 Å². The van der Waals surface area contributed by atoms with Crippen molar-refractivity contribution in [3.63, 3.8) is 0 Å². The van der Waals surface area contributed by atoms with Crippen molar-refractivity contribution in [1.29, 1.82) is 0 Å². The molecule has 3 aromatic rings. The number of fused-ring (bicyclic) bond motifs is 1. The Morgan fingerprint density at radius 2 is 2.05 bits per heavy atom. The number of rotatable bonds is 4. The predicted molar refractivity (Wildman–Crippen MR) is 85.7 cm³/mol. The highest BCUT2D eigenvalue weighted by molar-refractivity contribution is 5.89. The fraction of sp³-hybridized carbons (Fsp3) is 0.176. The number of carbonyl (C=O) groups excluding carboxylic acids is 1. The lowest BCUT2D eigenvalue weighted by Crippen LogP contribution is -2.28. The van der Waals surface area contributed by atoms with Gasteiger partial charge in [0.2, 0.25) is 0 Å². The Kier molecular flexibility index (Phi) is 4.05. The minimum atomic E-state index is -0.264. The minimum absolute atomic E-state index is 0.264. The van der Waals surface area contributed by atoms with E-state index in [1.54, 1.807) is 0 Å². The molecule has 5 nitrogen and oxygen atoms in total. The lowest BCUT2D eigenvalue weighted by atomic mass is 10.1. The van der Waals surface area contributed by atoms with Crippen LogP contribution in [0.5, 0.6) is 0 Å². The topological polar surface area (TPSA) is 67.2 Å². The van der Waals surface area contributed by atoms with Crippen LogP contribution in [0.15, 0.2) is 53.1 Å². The van der Waals surface area contributed by atoms with E-state index in [2.05, 4.69) is 22.7 Å². The zero-order valence-electron chi connectivity index (χ0n) is 12.3. The number of aryl methyl sites for hydroxylation is 1. The number of nitrogens with one attached hydrogen (secondary N) is 2. The molecule has 5 heteroatoms. The summed E-state index contributed by atoms with van der Waals surface area (Å²) in [5, 5.41) is 10.5. The second-order valence-electron chi connectivity index (χ2n) is 4.99. The van der Waals surface area contributed by atoms with Crippen molar-refractivity contribution in [3.8, 4) is 0 Å². The standard InChI is InChI=1S/C17H17N3O2/c1-2-12-6-5-7-13(10-12)19-17(21)18-11-15-14-8-3-4-9-16(14)22-20-15/h3-10H,2,11H2,1H3,(H2,18,19,21). The zero-order chi connectivity index (χ0) is 15.4. The summed E-state index contributed by atoms with van der Waals surface area (Å²) in [5.41, 5.74) is 3.39. The van der Waals surface area contributed by atoms with E-state index in [0.29, 0.717) is 12.2 Å². The molecule has 0 aliphatic rings. The van der Waals surface area contributed by atoms with Gasteiger partial charge in [-0.05, 0) is 36.2 Å². The molecule has 0 fully saturated rings. The van der Waals surface area contributed by atoms with Gasteiger partial charge in [0.15, 0.2) is 5.58 Å². The largest absolute Gasteiger partial charge is 0.356 e. The fourth-order valence-electron chi connectivity index (χ4n) is 2.27. The average molecular weight is 295 g/mol. The van der Waals surface area contributed by atoms with Crippen molar-refractivity contribution in [1.82, 2.24) is 10.5 Å². The Morgan fingerprint density at radius 1 is 1.18 bits per heavy atom. The fourth-order valence-corrected chi connectivity index (χ4v) is 2.27. The van der Waals surface area contributed by atoms with Crippen molar-refractivity contribution in [2.75, 3.05) is 5.32 Å². The van der Waals surface area contributed by atoms with Gasteiger partial charge >= 0.3 is 6.03 Å². The Morgan fingerprint density at radius 3 is 2.91 bits per heavy atom. The minimum Gasteiger partial charge on any atom is -0.356 e. The smallest absolute Gasteiger partial charge is 0.319 e. The molecule has 2 aromatic carbocycles. The van der Waals surface area contributed by atoms with Crippen LogP contribution in [0.3, 0.4) is 0 Å². The molecule has 1 aromatic heterocycles. The molecule has 0 saturated heterocycles. The summed E-state index contributed by atoms with van der Waals surface area (Å²) in [7, 11) is 0. The van der Waals surface area contributed by atoms with Gasteiger partial charge < -0.3 is 15.2 Å².